The number of amides is 2. The van der Waals surface area contributed by atoms with Gasteiger partial charge in [-0.3, -0.25) is 14.5 Å². The van der Waals surface area contributed by atoms with E-state index < -0.39 is 0 Å². The van der Waals surface area contributed by atoms with Gasteiger partial charge in [-0.05, 0) is 68.8 Å². The Kier molecular flexibility index (Phi) is 4.87. The summed E-state index contributed by atoms with van der Waals surface area (Å²) in [7, 11) is 0. The number of pyridine rings is 1. The summed E-state index contributed by atoms with van der Waals surface area (Å²) >= 11 is 1.52. The number of thiazole rings is 1. The van der Waals surface area contributed by atoms with Crippen molar-refractivity contribution < 1.29 is 14.3 Å². The molecule has 0 radical (unpaired) electrons. The predicted octanol–water partition coefficient (Wildman–Crippen LogP) is 3.45. The number of rotatable bonds is 4. The second kappa shape index (κ2) is 7.68. The molecule has 3 N–H and O–H groups in total. The van der Waals surface area contributed by atoms with Gasteiger partial charge in [0.25, 0.3) is 0 Å². The topological polar surface area (TPSA) is 118 Å². The van der Waals surface area contributed by atoms with E-state index in [1.807, 2.05) is 16.3 Å². The normalized spacial score (nSPS) is 34.5. The fourth-order valence-electron chi connectivity index (χ4n) is 7.08. The van der Waals surface area contributed by atoms with E-state index in [1.165, 1.54) is 17.4 Å². The van der Waals surface area contributed by atoms with Crippen molar-refractivity contribution in [2.75, 3.05) is 6.54 Å². The van der Waals surface area contributed by atoms with Crippen LogP contribution in [0.25, 0.3) is 11.3 Å². The summed E-state index contributed by atoms with van der Waals surface area (Å²) < 4.78 is 6.16. The van der Waals surface area contributed by atoms with E-state index >= 15 is 0 Å². The number of likely N-dealkylation sites (tertiary alicyclic amines) is 1. The maximum Gasteiger partial charge on any atom is 0.410 e. The first kappa shape index (κ1) is 20.9. The molecule has 4 aliphatic carbocycles. The number of nitrogens with one attached hydrogen (secondary N) is 1. The van der Waals surface area contributed by atoms with Gasteiger partial charge in [-0.2, -0.15) is 0 Å². The Bertz CT molecular complexity index is 1140. The zero-order chi connectivity index (χ0) is 22.7. The van der Waals surface area contributed by atoms with Crippen molar-refractivity contribution in [3.05, 3.63) is 39.1 Å². The Morgan fingerprint density at radius 3 is 2.76 bits per heavy atom. The van der Waals surface area contributed by atoms with Gasteiger partial charge in [-0.1, -0.05) is 0 Å². The zero-order valence-corrected chi connectivity index (χ0v) is 19.2. The third-order valence-electron chi connectivity index (χ3n) is 8.31. The van der Waals surface area contributed by atoms with Crippen molar-refractivity contribution >= 4 is 23.3 Å². The number of aromatic nitrogens is 2. The van der Waals surface area contributed by atoms with Crippen LogP contribution >= 0.6 is 11.3 Å². The fourth-order valence-corrected chi connectivity index (χ4v) is 8.05. The molecule has 7 rings (SSSR count). The van der Waals surface area contributed by atoms with Crippen LogP contribution in [0.1, 0.15) is 56.0 Å². The van der Waals surface area contributed by atoms with Gasteiger partial charge in [0, 0.05) is 29.8 Å². The first-order valence-corrected chi connectivity index (χ1v) is 12.7. The summed E-state index contributed by atoms with van der Waals surface area (Å²) in [6, 6.07) is 3.25. The highest BCUT2D eigenvalue weighted by atomic mass is 32.1. The standard InChI is InChI=1S/C24H28N4O4S/c25-22(30)24-9-13-6-15(10-24)20(16(7-13)11-24)32-23(31)28-5-1-2-18(28)21-27-17(12-33-21)14-3-4-26-19(29)8-14/h3-4,8,12-13,15-16,18,20H,1-2,5-7,9-11H2,(H2,25,30)(H,26,29)/t13?,15-,16?,18+,20?,24-/m0/s1. The van der Waals surface area contributed by atoms with Crippen molar-refractivity contribution in [1.29, 1.82) is 0 Å². The predicted molar refractivity (Wildman–Crippen MR) is 122 cm³/mol. The van der Waals surface area contributed by atoms with E-state index in [4.69, 9.17) is 15.5 Å². The Hall–Kier alpha value is -2.68. The highest BCUT2D eigenvalue weighted by Gasteiger charge is 2.59. The van der Waals surface area contributed by atoms with Crippen molar-refractivity contribution in [3.63, 3.8) is 0 Å². The molecule has 174 valence electrons. The molecular weight excluding hydrogens is 440 g/mol. The largest absolute Gasteiger partial charge is 0.445 e. The zero-order valence-electron chi connectivity index (χ0n) is 18.4. The second-order valence-electron chi connectivity index (χ2n) is 10.3. The number of H-pyrrole nitrogens is 1. The van der Waals surface area contributed by atoms with Crippen LogP contribution in [-0.4, -0.2) is 39.5 Å². The Morgan fingerprint density at radius 1 is 1.24 bits per heavy atom. The number of nitrogens with zero attached hydrogens (tertiary/aromatic N) is 2. The molecule has 2 amide bonds. The summed E-state index contributed by atoms with van der Waals surface area (Å²) in [6.45, 7) is 0.652. The molecule has 5 fully saturated rings. The van der Waals surface area contributed by atoms with Crippen LogP contribution in [0.15, 0.2) is 28.5 Å². The monoisotopic (exact) mass is 468 g/mol. The van der Waals surface area contributed by atoms with Gasteiger partial charge < -0.3 is 15.5 Å². The molecule has 9 heteroatoms. The average Bonchev–Trinajstić information content (AvgIpc) is 3.45. The molecule has 8 nitrogen and oxygen atoms in total. The van der Waals surface area contributed by atoms with Gasteiger partial charge in [0.1, 0.15) is 11.1 Å². The number of primary amides is 1. The Labute approximate surface area is 195 Å². The van der Waals surface area contributed by atoms with Gasteiger partial charge >= 0.3 is 6.09 Å². The smallest absolute Gasteiger partial charge is 0.410 e. The SMILES string of the molecule is NC(=O)[C@]12CC3CC(C1)C(OC(=O)N1CCC[C@@H]1c1nc(-c4cc[nH]c(=O)c4)cs1)[C@@H](C3)C2. The first-order valence-electron chi connectivity index (χ1n) is 11.8. The van der Waals surface area contributed by atoms with Gasteiger partial charge in [0.05, 0.1) is 17.2 Å². The van der Waals surface area contributed by atoms with Gasteiger partial charge in [-0.25, -0.2) is 9.78 Å². The molecule has 3 unspecified atom stereocenters. The number of aromatic amines is 1. The highest BCUT2D eigenvalue weighted by molar-refractivity contribution is 7.10. The van der Waals surface area contributed by atoms with Crippen LogP contribution in [0.2, 0.25) is 0 Å². The number of hydrogen-bond acceptors (Lipinski definition) is 6. The minimum atomic E-state index is -0.383. The van der Waals surface area contributed by atoms with Gasteiger partial charge in [-0.15, -0.1) is 11.3 Å². The van der Waals surface area contributed by atoms with Crippen molar-refractivity contribution in [2.45, 2.75) is 57.1 Å². The van der Waals surface area contributed by atoms with E-state index in [1.54, 1.807) is 6.20 Å². The molecule has 4 bridgehead atoms. The number of carbonyl (C=O) groups is 2. The third-order valence-corrected chi connectivity index (χ3v) is 9.26. The highest BCUT2D eigenvalue weighted by Crippen LogP contribution is 2.60. The molecular formula is C24H28N4O4S. The minimum absolute atomic E-state index is 0.105. The lowest BCUT2D eigenvalue weighted by Gasteiger charge is -2.58. The van der Waals surface area contributed by atoms with Crippen molar-refractivity contribution in [2.24, 2.45) is 28.9 Å². The van der Waals surface area contributed by atoms with Crippen LogP contribution < -0.4 is 11.3 Å². The molecule has 3 heterocycles. The number of carbonyl (C=O) groups excluding carboxylic acids is 2. The number of nitrogens with two attached hydrogens (primary N) is 1. The van der Waals surface area contributed by atoms with E-state index in [-0.39, 0.29) is 47.0 Å². The van der Waals surface area contributed by atoms with Crippen LogP contribution in [0.5, 0.6) is 0 Å². The summed E-state index contributed by atoms with van der Waals surface area (Å²) in [5, 5.41) is 2.81. The first-order chi connectivity index (χ1) is 15.9. The van der Waals surface area contributed by atoms with E-state index in [9.17, 15) is 14.4 Å². The lowest BCUT2D eigenvalue weighted by Crippen LogP contribution is -2.59. The van der Waals surface area contributed by atoms with Crippen LogP contribution in [0, 0.1) is 23.2 Å². The summed E-state index contributed by atoms with van der Waals surface area (Å²) in [5.74, 6) is 0.822. The van der Waals surface area contributed by atoms with Gasteiger partial charge in [0.2, 0.25) is 11.5 Å². The summed E-state index contributed by atoms with van der Waals surface area (Å²) in [4.78, 5) is 46.3. The molecule has 0 spiro atoms. The van der Waals surface area contributed by atoms with E-state index in [0.29, 0.717) is 12.5 Å². The summed E-state index contributed by atoms with van der Waals surface area (Å²) in [5.41, 5.74) is 6.76. The number of hydrogen-bond donors (Lipinski definition) is 2. The average molecular weight is 469 g/mol. The molecule has 33 heavy (non-hydrogen) atoms. The molecule has 2 aromatic heterocycles. The van der Waals surface area contributed by atoms with Crippen LogP contribution in [0.4, 0.5) is 4.79 Å². The molecule has 0 aromatic carbocycles. The van der Waals surface area contributed by atoms with Crippen LogP contribution in [-0.2, 0) is 9.53 Å². The maximum atomic E-state index is 13.3. The fraction of sp³-hybridized carbons (Fsp3) is 0.583. The third kappa shape index (κ3) is 3.48. The van der Waals surface area contributed by atoms with Crippen molar-refractivity contribution in [3.8, 4) is 11.3 Å². The quantitative estimate of drug-likeness (QED) is 0.712. The Balaban J connectivity index is 1.18. The number of ether oxygens (including phenoxy) is 1. The summed E-state index contributed by atoms with van der Waals surface area (Å²) in [6.07, 6.45) is 7.45. The molecule has 4 saturated carbocycles. The minimum Gasteiger partial charge on any atom is -0.445 e. The lowest BCUT2D eigenvalue weighted by atomic mass is 9.48. The molecule has 1 saturated heterocycles. The Morgan fingerprint density at radius 2 is 2.03 bits per heavy atom. The molecule has 2 aromatic rings. The van der Waals surface area contributed by atoms with Crippen LogP contribution in [0.3, 0.4) is 0 Å². The van der Waals surface area contributed by atoms with Gasteiger partial charge in [0.15, 0.2) is 0 Å². The molecule has 1 aliphatic heterocycles. The van der Waals surface area contributed by atoms with Crippen molar-refractivity contribution in [1.82, 2.24) is 14.9 Å². The second-order valence-corrected chi connectivity index (χ2v) is 11.2. The maximum absolute atomic E-state index is 13.3. The van der Waals surface area contributed by atoms with E-state index in [0.717, 1.165) is 61.2 Å². The molecule has 5 aliphatic rings. The van der Waals surface area contributed by atoms with E-state index in [2.05, 4.69) is 4.98 Å². The lowest BCUT2D eigenvalue weighted by molar-refractivity contribution is -0.161. The molecule has 6 atom stereocenters.